The van der Waals surface area contributed by atoms with Gasteiger partial charge in [0.25, 0.3) is 0 Å². The van der Waals surface area contributed by atoms with Crippen LogP contribution in [-0.4, -0.2) is 43.4 Å². The molecule has 0 saturated heterocycles. The number of aliphatic hydroxyl groups is 1. The quantitative estimate of drug-likeness (QED) is 0.111. The van der Waals surface area contributed by atoms with Crippen LogP contribution < -0.4 is 0 Å². The van der Waals surface area contributed by atoms with Crippen molar-refractivity contribution in [1.29, 1.82) is 0 Å². The van der Waals surface area contributed by atoms with Crippen molar-refractivity contribution in [3.63, 3.8) is 0 Å². The molecule has 0 radical (unpaired) electrons. The van der Waals surface area contributed by atoms with Gasteiger partial charge in [-0.05, 0) is 153 Å². The van der Waals surface area contributed by atoms with Crippen LogP contribution in [0.4, 0.5) is 11.4 Å². The Morgan fingerprint density at radius 2 is 1.08 bits per heavy atom. The Hall–Kier alpha value is -5.91. The Kier molecular flexibility index (Phi) is 14.4. The van der Waals surface area contributed by atoms with E-state index in [9.17, 15) is 9.90 Å². The molecule has 75 heavy (non-hydrogen) atoms. The van der Waals surface area contributed by atoms with Crippen LogP contribution in [0, 0.1) is 13.1 Å². The normalized spacial score (nSPS) is 20.7. The molecule has 4 aromatic carbocycles. The third-order valence-corrected chi connectivity index (χ3v) is 18.2. The summed E-state index contributed by atoms with van der Waals surface area (Å²) < 4.78 is 27.3. The van der Waals surface area contributed by atoms with Crippen LogP contribution in [0.3, 0.4) is 0 Å². The molecule has 0 spiro atoms. The summed E-state index contributed by atoms with van der Waals surface area (Å²) >= 11 is 6.34. The Labute approximate surface area is 452 Å². The van der Waals surface area contributed by atoms with Gasteiger partial charge in [-0.15, -0.1) is 22.7 Å². The van der Waals surface area contributed by atoms with Crippen molar-refractivity contribution in [2.75, 3.05) is 0 Å². The van der Waals surface area contributed by atoms with Gasteiger partial charge in [0.2, 0.25) is 0 Å². The Balaban J connectivity index is 0.000000129. The van der Waals surface area contributed by atoms with Crippen LogP contribution in [-0.2, 0) is 33.1 Å². The predicted molar refractivity (Wildman–Crippen MR) is 294 cm³/mol. The van der Waals surface area contributed by atoms with E-state index in [1.807, 2.05) is 24.3 Å². The van der Waals surface area contributed by atoms with Gasteiger partial charge < -0.3 is 23.6 Å². The summed E-state index contributed by atoms with van der Waals surface area (Å²) in [7, 11) is 0. The third kappa shape index (κ3) is 11.3. The van der Waals surface area contributed by atoms with E-state index >= 15 is 0 Å². The van der Waals surface area contributed by atoms with Gasteiger partial charge >= 0.3 is 0 Å². The zero-order valence-corrected chi connectivity index (χ0v) is 44.9. The summed E-state index contributed by atoms with van der Waals surface area (Å²) in [6.07, 6.45) is 15.8. The minimum absolute atomic E-state index is 0.0804. The first-order chi connectivity index (χ1) is 36.7. The second kappa shape index (κ2) is 21.6. The van der Waals surface area contributed by atoms with Crippen LogP contribution in [0.2, 0.25) is 0 Å². The lowest BCUT2D eigenvalue weighted by Gasteiger charge is -2.34. The number of aromatic nitrogens is 4. The van der Waals surface area contributed by atoms with Crippen LogP contribution >= 0.6 is 38.6 Å². The van der Waals surface area contributed by atoms with E-state index in [0.717, 1.165) is 102 Å². The van der Waals surface area contributed by atoms with E-state index in [0.29, 0.717) is 79.7 Å². The van der Waals surface area contributed by atoms with E-state index in [1.165, 1.54) is 72.1 Å². The van der Waals surface area contributed by atoms with Gasteiger partial charge in [0.1, 0.15) is 39.3 Å². The fourth-order valence-electron chi connectivity index (χ4n) is 10.7. The second-order valence-corrected chi connectivity index (χ2v) is 24.5. The summed E-state index contributed by atoms with van der Waals surface area (Å²) in [5, 5.41) is 21.2. The Bertz CT molecular complexity index is 3460. The van der Waals surface area contributed by atoms with Crippen molar-refractivity contribution in [2.24, 2.45) is 0 Å². The molecule has 6 aliphatic carbocycles. The SMILES string of the molecule is O=C1CCC(OCc2c(-c3ccccc3C3CC3)noc2C2CC2)CC1.[C-]#[N+]c1ccc2nc(Br)sc2c1.[C-]#[N+]c1ccc2nc(C3(O)CCC(OCc4c(-c5ccccc5C5CC5)noc4C4CC4)CC3)sc2c1. The van der Waals surface area contributed by atoms with Crippen molar-refractivity contribution in [3.05, 3.63) is 150 Å². The average molecular weight is 1100 g/mol. The molecular weight excluding hydrogens is 1040 g/mol. The van der Waals surface area contributed by atoms with Crippen molar-refractivity contribution >= 4 is 76.2 Å². The second-order valence-electron chi connectivity index (χ2n) is 21.1. The topological polar surface area (TPSA) is 142 Å². The molecule has 6 saturated carbocycles. The van der Waals surface area contributed by atoms with Crippen molar-refractivity contribution in [3.8, 4) is 22.5 Å². The molecule has 0 bridgehead atoms. The first-order valence-corrected chi connectivity index (χ1v) is 29.0. The molecule has 4 heterocycles. The van der Waals surface area contributed by atoms with E-state index in [1.54, 1.807) is 23.5 Å². The fraction of sp³-hybridized carbons (Fsp3) is 0.417. The predicted octanol–water partition coefficient (Wildman–Crippen LogP) is 16.3. The summed E-state index contributed by atoms with van der Waals surface area (Å²) in [6.45, 7) is 15.1. The van der Waals surface area contributed by atoms with Crippen LogP contribution in [0.25, 0.3) is 52.6 Å². The van der Waals surface area contributed by atoms with E-state index in [4.69, 9.17) is 36.6 Å². The molecule has 8 aromatic rings. The van der Waals surface area contributed by atoms with E-state index in [2.05, 4.69) is 89.4 Å². The highest BCUT2D eigenvalue weighted by Crippen LogP contribution is 2.50. The zero-order valence-electron chi connectivity index (χ0n) is 41.6. The Morgan fingerprint density at radius 3 is 1.57 bits per heavy atom. The summed E-state index contributed by atoms with van der Waals surface area (Å²) in [5.41, 5.74) is 11.5. The molecule has 0 amide bonds. The molecule has 6 fully saturated rings. The third-order valence-electron chi connectivity index (χ3n) is 15.6. The number of rotatable bonds is 13. The van der Waals surface area contributed by atoms with Gasteiger partial charge in [-0.25, -0.2) is 19.7 Å². The molecule has 0 unspecified atom stereocenters. The number of ketones is 1. The average Bonchev–Trinajstić information content (AvgIpc) is 4.26. The standard InChI is InChI=1S/C30H29N3O3S.C22H25NO3.C8H3BrN2S/c1-31-20-10-11-25-26(16-20)37-29(32-25)30(34)14-12-21(13-15-30)35-17-24-27(33-36-28(24)19-8-9-19)23-5-3-2-4-22(23)18-6-7-18;24-16-9-11-17(12-10-16)25-13-20-21(23-26-22(20)15-7-8-15)19-4-2-1-3-18(19)14-5-6-14;1-10-5-2-3-6-7(4-5)12-8(9)11-6/h2-5,10-11,16,18-19,21,34H,6-9,12-15,17H2;1-4,14-15,17H,5-13H2;2-4H. The van der Waals surface area contributed by atoms with Crippen molar-refractivity contribution in [1.82, 2.24) is 20.3 Å². The first kappa shape index (κ1) is 49.9. The summed E-state index contributed by atoms with van der Waals surface area (Å²) in [5.74, 6) is 4.68. The zero-order chi connectivity index (χ0) is 51.0. The number of benzene rings is 4. The monoisotopic (exact) mass is 1100 g/mol. The molecular formula is C60H57BrN6O6S2. The van der Waals surface area contributed by atoms with Crippen molar-refractivity contribution in [2.45, 2.75) is 157 Å². The number of halogens is 1. The van der Waals surface area contributed by atoms with Crippen LogP contribution in [0.5, 0.6) is 0 Å². The van der Waals surface area contributed by atoms with Crippen LogP contribution in [0.15, 0.2) is 97.9 Å². The Morgan fingerprint density at radius 1 is 0.613 bits per heavy atom. The number of carbonyl (C=O) groups is 1. The molecule has 15 heteroatoms. The highest BCUT2D eigenvalue weighted by Gasteiger charge is 2.40. The van der Waals surface area contributed by atoms with Gasteiger partial charge in [0.15, 0.2) is 15.3 Å². The van der Waals surface area contributed by atoms with Gasteiger partial charge in [-0.2, -0.15) is 0 Å². The molecule has 6 aliphatic rings. The maximum Gasteiger partial charge on any atom is 0.188 e. The minimum Gasteiger partial charge on any atom is -0.383 e. The molecule has 382 valence electrons. The number of Topliss-reactive ketones (excluding diaryl/α,β-unsaturated/α-hetero) is 1. The first-order valence-electron chi connectivity index (χ1n) is 26.5. The molecule has 4 aromatic heterocycles. The van der Waals surface area contributed by atoms with E-state index < -0.39 is 5.60 Å². The number of carbonyl (C=O) groups excluding carboxylic acids is 1. The number of fused-ring (bicyclic) bond motifs is 2. The number of thiazole rings is 2. The van der Waals surface area contributed by atoms with Gasteiger partial charge in [-0.3, -0.25) is 4.79 Å². The van der Waals surface area contributed by atoms with Crippen molar-refractivity contribution < 1.29 is 28.4 Å². The van der Waals surface area contributed by atoms with Gasteiger partial charge in [0.05, 0.1) is 49.6 Å². The minimum atomic E-state index is -0.938. The lowest BCUT2D eigenvalue weighted by molar-refractivity contribution is -0.123. The van der Waals surface area contributed by atoms with Gasteiger partial charge in [0, 0.05) is 56.3 Å². The van der Waals surface area contributed by atoms with Crippen LogP contribution in [0.1, 0.15) is 165 Å². The fourth-order valence-corrected chi connectivity index (χ4v) is 13.3. The summed E-state index contributed by atoms with van der Waals surface area (Å²) in [4.78, 5) is 27.2. The molecule has 12 nitrogen and oxygen atoms in total. The maximum atomic E-state index is 11.5. The number of hydrogen-bond acceptors (Lipinski definition) is 12. The molecule has 14 rings (SSSR count). The number of hydrogen-bond donors (Lipinski definition) is 1. The largest absolute Gasteiger partial charge is 0.383 e. The smallest absolute Gasteiger partial charge is 0.188 e. The lowest BCUT2D eigenvalue weighted by atomic mass is 9.83. The lowest BCUT2D eigenvalue weighted by Crippen LogP contribution is -2.34. The number of nitrogens with zero attached hydrogens (tertiary/aromatic N) is 6. The molecule has 0 atom stereocenters. The maximum absolute atomic E-state index is 11.5. The number of ether oxygens (including phenoxy) is 2. The van der Waals surface area contributed by atoms with Gasteiger partial charge in [-0.1, -0.05) is 71.0 Å². The summed E-state index contributed by atoms with van der Waals surface area (Å²) in [6, 6.07) is 28.2. The molecule has 0 aliphatic heterocycles. The molecule has 1 N–H and O–H groups in total. The highest BCUT2D eigenvalue weighted by atomic mass is 79.9. The highest BCUT2D eigenvalue weighted by molar-refractivity contribution is 9.11. The van der Waals surface area contributed by atoms with E-state index in [-0.39, 0.29) is 12.2 Å².